The van der Waals surface area contributed by atoms with E-state index in [2.05, 4.69) is 15.0 Å². The van der Waals surface area contributed by atoms with Crippen molar-refractivity contribution in [3.8, 4) is 5.88 Å². The van der Waals surface area contributed by atoms with E-state index < -0.39 is 12.3 Å². The van der Waals surface area contributed by atoms with Crippen LogP contribution in [0.5, 0.6) is 5.88 Å². The molecule has 0 spiro atoms. The van der Waals surface area contributed by atoms with Gasteiger partial charge in [0.2, 0.25) is 5.88 Å². The molecule has 2 unspecified atom stereocenters. The van der Waals surface area contributed by atoms with E-state index in [0.29, 0.717) is 31.3 Å². The zero-order valence-electron chi connectivity index (χ0n) is 14.6. The van der Waals surface area contributed by atoms with Crippen LogP contribution >= 0.6 is 0 Å². The fraction of sp³-hybridized carbons (Fsp3) is 0.368. The van der Waals surface area contributed by atoms with Gasteiger partial charge in [-0.25, -0.2) is 14.4 Å². The Bertz CT molecular complexity index is 852. The molecular formula is C19H21FN4O2. The van der Waals surface area contributed by atoms with Crippen LogP contribution in [0.4, 0.5) is 4.39 Å². The number of aromatic amines is 1. The first-order valence-electron chi connectivity index (χ1n) is 8.63. The molecule has 1 saturated heterocycles. The molecule has 6 nitrogen and oxygen atoms in total. The highest BCUT2D eigenvalue weighted by molar-refractivity contribution is 5.74. The zero-order chi connectivity index (χ0) is 17.9. The molecule has 0 aliphatic carbocycles. The van der Waals surface area contributed by atoms with E-state index in [1.54, 1.807) is 13.2 Å². The number of likely N-dealkylation sites (tertiary alicyclic amines) is 1. The summed E-state index contributed by atoms with van der Waals surface area (Å²) >= 11 is 0. The van der Waals surface area contributed by atoms with Crippen LogP contribution < -0.4 is 4.74 Å². The average Bonchev–Trinajstić information content (AvgIpc) is 3.22. The third-order valence-electron chi connectivity index (χ3n) is 4.52. The molecule has 3 heterocycles. The Hall–Kier alpha value is -2.51. The summed E-state index contributed by atoms with van der Waals surface area (Å²) in [5.41, 5.74) is 2.70. The number of benzene rings is 1. The van der Waals surface area contributed by atoms with Crippen molar-refractivity contribution in [3.63, 3.8) is 0 Å². The Kier molecular flexibility index (Phi) is 4.81. The third-order valence-corrected chi connectivity index (χ3v) is 4.52. The molecule has 2 atom stereocenters. The first-order chi connectivity index (χ1) is 12.7. The van der Waals surface area contributed by atoms with Gasteiger partial charge >= 0.3 is 0 Å². The van der Waals surface area contributed by atoms with E-state index in [1.807, 2.05) is 41.3 Å². The second-order valence-electron chi connectivity index (χ2n) is 6.43. The molecule has 0 saturated carbocycles. The maximum atomic E-state index is 14.4. The summed E-state index contributed by atoms with van der Waals surface area (Å²) in [7, 11) is 1.58. The van der Waals surface area contributed by atoms with Crippen molar-refractivity contribution in [1.82, 2.24) is 19.9 Å². The monoisotopic (exact) mass is 356 g/mol. The molecule has 0 bridgehead atoms. The van der Waals surface area contributed by atoms with Gasteiger partial charge in [0, 0.05) is 25.7 Å². The average molecular weight is 356 g/mol. The minimum Gasteiger partial charge on any atom is -0.481 e. The third kappa shape index (κ3) is 3.68. The lowest BCUT2D eigenvalue weighted by atomic mass is 10.3. The number of ether oxygens (including phenoxy) is 2. The lowest BCUT2D eigenvalue weighted by Gasteiger charge is -2.15. The second-order valence-corrected chi connectivity index (χ2v) is 6.43. The first-order valence-corrected chi connectivity index (χ1v) is 8.63. The summed E-state index contributed by atoms with van der Waals surface area (Å²) in [4.78, 5) is 14.1. The smallest absolute Gasteiger partial charge is 0.213 e. The van der Waals surface area contributed by atoms with Crippen molar-refractivity contribution in [3.05, 3.63) is 54.0 Å². The topological polar surface area (TPSA) is 63.3 Å². The minimum absolute atomic E-state index is 0.269. The number of halogens is 1. The summed E-state index contributed by atoms with van der Waals surface area (Å²) in [5.74, 6) is 1.28. The molecule has 4 rings (SSSR count). The van der Waals surface area contributed by atoms with E-state index >= 15 is 0 Å². The van der Waals surface area contributed by atoms with Gasteiger partial charge in [0.05, 0.1) is 23.8 Å². The largest absolute Gasteiger partial charge is 0.481 e. The lowest BCUT2D eigenvalue weighted by Crippen LogP contribution is -2.24. The van der Waals surface area contributed by atoms with E-state index in [9.17, 15) is 4.39 Å². The molecule has 3 aromatic rings. The fourth-order valence-corrected chi connectivity index (χ4v) is 3.24. The number of pyridine rings is 1. The normalized spacial score (nSPS) is 20.7. The number of nitrogens with one attached hydrogen (secondary N) is 1. The van der Waals surface area contributed by atoms with Crippen LogP contribution in [0.3, 0.4) is 0 Å². The van der Waals surface area contributed by atoms with Crippen molar-refractivity contribution in [1.29, 1.82) is 0 Å². The molecule has 1 aliphatic heterocycles. The minimum atomic E-state index is -1.02. The Morgan fingerprint density at radius 2 is 2.04 bits per heavy atom. The number of fused-ring (bicyclic) bond motifs is 1. The fourth-order valence-electron chi connectivity index (χ4n) is 3.24. The van der Waals surface area contributed by atoms with Crippen LogP contribution in [0, 0.1) is 0 Å². The van der Waals surface area contributed by atoms with Gasteiger partial charge in [0.1, 0.15) is 24.7 Å². The highest BCUT2D eigenvalue weighted by Gasteiger charge is 2.34. The number of H-pyrrole nitrogens is 1. The van der Waals surface area contributed by atoms with Crippen LogP contribution in [0.25, 0.3) is 11.0 Å². The Morgan fingerprint density at radius 3 is 2.88 bits per heavy atom. The summed E-state index contributed by atoms with van der Waals surface area (Å²) < 4.78 is 25.3. The van der Waals surface area contributed by atoms with Gasteiger partial charge in [0.15, 0.2) is 0 Å². The number of methoxy groups -OCH3 is 1. The number of hydrogen-bond donors (Lipinski definition) is 1. The Labute approximate surface area is 151 Å². The van der Waals surface area contributed by atoms with Crippen LogP contribution in [-0.4, -0.2) is 52.3 Å². The highest BCUT2D eigenvalue weighted by atomic mass is 19.1. The van der Waals surface area contributed by atoms with E-state index in [4.69, 9.17) is 9.47 Å². The quantitative estimate of drug-likeness (QED) is 0.736. The van der Waals surface area contributed by atoms with Gasteiger partial charge in [-0.3, -0.25) is 4.90 Å². The standard InChI is InChI=1S/C19H21FN4O2/c1-25-19-8-4-5-13(21-19)9-24-10-14(20)17(11-24)26-12-18-22-15-6-2-3-7-16(15)23-18/h2-8,14,17H,9-12H2,1H3,(H,22,23). The van der Waals surface area contributed by atoms with Gasteiger partial charge in [-0.2, -0.15) is 0 Å². The number of alkyl halides is 1. The van der Waals surface area contributed by atoms with E-state index in [1.165, 1.54) is 0 Å². The molecule has 0 amide bonds. The van der Waals surface area contributed by atoms with E-state index in [0.717, 1.165) is 16.7 Å². The molecule has 1 aromatic carbocycles. The first kappa shape index (κ1) is 16.9. The maximum absolute atomic E-state index is 14.4. The molecule has 136 valence electrons. The van der Waals surface area contributed by atoms with Gasteiger partial charge in [0.25, 0.3) is 0 Å². The number of rotatable bonds is 6. The number of nitrogens with zero attached hydrogens (tertiary/aromatic N) is 3. The predicted octanol–water partition coefficient (Wildman–Crippen LogP) is 2.71. The van der Waals surface area contributed by atoms with Crippen LogP contribution in [0.15, 0.2) is 42.5 Å². The van der Waals surface area contributed by atoms with Crippen molar-refractivity contribution in [2.45, 2.75) is 25.4 Å². The number of hydrogen-bond acceptors (Lipinski definition) is 5. The lowest BCUT2D eigenvalue weighted by molar-refractivity contribution is 0.00861. The zero-order valence-corrected chi connectivity index (χ0v) is 14.6. The van der Waals surface area contributed by atoms with Gasteiger partial charge in [-0.15, -0.1) is 0 Å². The summed E-state index contributed by atoms with van der Waals surface area (Å²) in [6.07, 6.45) is -1.49. The van der Waals surface area contributed by atoms with Crippen LogP contribution in [-0.2, 0) is 17.9 Å². The molecule has 26 heavy (non-hydrogen) atoms. The molecular weight excluding hydrogens is 335 g/mol. The maximum Gasteiger partial charge on any atom is 0.213 e. The predicted molar refractivity (Wildman–Crippen MR) is 95.6 cm³/mol. The van der Waals surface area contributed by atoms with Gasteiger partial charge in [-0.1, -0.05) is 18.2 Å². The summed E-state index contributed by atoms with van der Waals surface area (Å²) in [5, 5.41) is 0. The molecule has 2 aromatic heterocycles. The van der Waals surface area contributed by atoms with Crippen molar-refractivity contribution in [2.75, 3.05) is 20.2 Å². The second kappa shape index (κ2) is 7.39. The van der Waals surface area contributed by atoms with Crippen molar-refractivity contribution < 1.29 is 13.9 Å². The number of aromatic nitrogens is 3. The Balaban J connectivity index is 1.34. The summed E-state index contributed by atoms with van der Waals surface area (Å²) in [6.45, 7) is 1.71. The SMILES string of the molecule is COc1cccc(CN2CC(F)C(OCc3nc4ccccc4[nH]3)C2)n1. The Morgan fingerprint density at radius 1 is 1.15 bits per heavy atom. The molecule has 1 fully saturated rings. The highest BCUT2D eigenvalue weighted by Crippen LogP contribution is 2.21. The van der Waals surface area contributed by atoms with Gasteiger partial charge in [-0.05, 0) is 18.2 Å². The van der Waals surface area contributed by atoms with E-state index in [-0.39, 0.29) is 6.61 Å². The molecule has 1 aliphatic rings. The van der Waals surface area contributed by atoms with Crippen LogP contribution in [0.2, 0.25) is 0 Å². The summed E-state index contributed by atoms with van der Waals surface area (Å²) in [6, 6.07) is 13.4. The van der Waals surface area contributed by atoms with Crippen molar-refractivity contribution >= 4 is 11.0 Å². The van der Waals surface area contributed by atoms with Crippen molar-refractivity contribution in [2.24, 2.45) is 0 Å². The van der Waals surface area contributed by atoms with Crippen LogP contribution in [0.1, 0.15) is 11.5 Å². The molecule has 7 heteroatoms. The molecule has 1 N–H and O–H groups in total. The number of para-hydroxylation sites is 2. The van der Waals surface area contributed by atoms with Gasteiger partial charge < -0.3 is 14.5 Å². The number of imidazole rings is 1. The molecule has 0 radical (unpaired) electrons.